The van der Waals surface area contributed by atoms with Crippen LogP contribution in [0.1, 0.15) is 18.4 Å². The van der Waals surface area contributed by atoms with E-state index in [2.05, 4.69) is 29.6 Å². The summed E-state index contributed by atoms with van der Waals surface area (Å²) in [7, 11) is 0. The average molecular weight is 342 g/mol. The molecule has 2 aliphatic heterocycles. The Morgan fingerprint density at radius 3 is 3.12 bits per heavy atom. The Hall–Kier alpha value is -1.88. The van der Waals surface area contributed by atoms with Crippen LogP contribution in [0.2, 0.25) is 0 Å². The highest BCUT2D eigenvalue weighted by Crippen LogP contribution is 2.39. The molecule has 1 aromatic rings. The number of rotatable bonds is 4. The van der Waals surface area contributed by atoms with Gasteiger partial charge in [0.25, 0.3) is 0 Å². The predicted molar refractivity (Wildman–Crippen MR) is 99.0 cm³/mol. The standard InChI is InChI=1S/C19H22N2O2S/c1-2-8-17(15(6-1)19-20-9-4-10-21-19)24-13-14-5-3-7-16-18(14)23-12-11-22-16/h1-3,5,7-8,15H,4,6,9-13H2,(H,20,21). The SMILES string of the molecule is C1=CCC(C2=NCCCN2)C(SCc2cccc3c2OCCO3)=C1. The number of hydrogen-bond acceptors (Lipinski definition) is 5. The number of amidine groups is 1. The molecule has 5 heteroatoms. The fourth-order valence-electron chi connectivity index (χ4n) is 3.20. The van der Waals surface area contributed by atoms with Crippen LogP contribution in [0.4, 0.5) is 0 Å². The number of hydrogen-bond donors (Lipinski definition) is 1. The molecule has 4 rings (SSSR count). The van der Waals surface area contributed by atoms with E-state index in [1.165, 1.54) is 10.5 Å². The van der Waals surface area contributed by atoms with E-state index in [1.807, 2.05) is 23.9 Å². The van der Waals surface area contributed by atoms with Crippen LogP contribution < -0.4 is 14.8 Å². The Balaban J connectivity index is 1.49. The summed E-state index contributed by atoms with van der Waals surface area (Å²) in [5, 5.41) is 3.48. The molecule has 0 saturated heterocycles. The highest BCUT2D eigenvalue weighted by atomic mass is 32.2. The maximum atomic E-state index is 5.83. The Bertz CT molecular complexity index is 697. The maximum Gasteiger partial charge on any atom is 0.165 e. The predicted octanol–water partition coefficient (Wildman–Crippen LogP) is 3.54. The van der Waals surface area contributed by atoms with E-state index in [4.69, 9.17) is 14.5 Å². The molecule has 4 nitrogen and oxygen atoms in total. The van der Waals surface area contributed by atoms with Gasteiger partial charge in [0.15, 0.2) is 11.5 Å². The molecule has 1 aliphatic carbocycles. The van der Waals surface area contributed by atoms with Crippen molar-refractivity contribution in [2.75, 3.05) is 26.3 Å². The van der Waals surface area contributed by atoms with Crippen LogP contribution in [-0.2, 0) is 5.75 Å². The van der Waals surface area contributed by atoms with Crippen molar-refractivity contribution in [3.63, 3.8) is 0 Å². The molecule has 0 aromatic heterocycles. The summed E-state index contributed by atoms with van der Waals surface area (Å²) in [4.78, 5) is 6.08. The van der Waals surface area contributed by atoms with Gasteiger partial charge in [-0.25, -0.2) is 0 Å². The number of nitrogens with one attached hydrogen (secondary N) is 1. The van der Waals surface area contributed by atoms with Crippen LogP contribution in [0.3, 0.4) is 0 Å². The van der Waals surface area contributed by atoms with Gasteiger partial charge in [-0.1, -0.05) is 30.4 Å². The van der Waals surface area contributed by atoms with Crippen LogP contribution in [-0.4, -0.2) is 32.1 Å². The molecule has 0 fully saturated rings. The Kier molecular flexibility index (Phi) is 4.78. The second-order valence-electron chi connectivity index (χ2n) is 6.06. The van der Waals surface area contributed by atoms with Crippen LogP contribution in [0.15, 0.2) is 46.3 Å². The van der Waals surface area contributed by atoms with Crippen molar-refractivity contribution in [1.29, 1.82) is 0 Å². The molecule has 24 heavy (non-hydrogen) atoms. The van der Waals surface area contributed by atoms with Gasteiger partial charge in [-0.05, 0) is 23.8 Å². The van der Waals surface area contributed by atoms with Crippen molar-refractivity contribution >= 4 is 17.6 Å². The Morgan fingerprint density at radius 1 is 1.25 bits per heavy atom. The molecule has 0 radical (unpaired) electrons. The monoisotopic (exact) mass is 342 g/mol. The summed E-state index contributed by atoms with van der Waals surface area (Å²) in [5.74, 6) is 4.19. The summed E-state index contributed by atoms with van der Waals surface area (Å²) < 4.78 is 11.5. The Labute approximate surface area is 147 Å². The van der Waals surface area contributed by atoms with Gasteiger partial charge < -0.3 is 14.8 Å². The molecule has 0 saturated carbocycles. The first-order valence-corrected chi connectivity index (χ1v) is 9.55. The first kappa shape index (κ1) is 15.6. The van der Waals surface area contributed by atoms with Crippen LogP contribution in [0.5, 0.6) is 11.5 Å². The quantitative estimate of drug-likeness (QED) is 0.909. The first-order valence-electron chi connectivity index (χ1n) is 8.57. The van der Waals surface area contributed by atoms with Gasteiger partial charge in [0, 0.05) is 24.4 Å². The molecule has 1 aromatic carbocycles. The van der Waals surface area contributed by atoms with Gasteiger partial charge >= 0.3 is 0 Å². The topological polar surface area (TPSA) is 42.9 Å². The number of benzene rings is 1. The average Bonchev–Trinajstić information content (AvgIpc) is 2.67. The number of allylic oxidation sites excluding steroid dienone is 3. The molecule has 1 atom stereocenters. The summed E-state index contributed by atoms with van der Waals surface area (Å²) in [5.41, 5.74) is 1.20. The van der Waals surface area contributed by atoms with E-state index in [0.717, 1.165) is 49.0 Å². The maximum absolute atomic E-state index is 5.83. The summed E-state index contributed by atoms with van der Waals surface area (Å²) >= 11 is 1.88. The summed E-state index contributed by atoms with van der Waals surface area (Å²) in [6.45, 7) is 3.24. The lowest BCUT2D eigenvalue weighted by Crippen LogP contribution is -2.36. The van der Waals surface area contributed by atoms with Crippen molar-refractivity contribution in [2.45, 2.75) is 18.6 Å². The van der Waals surface area contributed by atoms with Crippen molar-refractivity contribution in [1.82, 2.24) is 5.32 Å². The molecule has 1 N–H and O–H groups in total. The second kappa shape index (κ2) is 7.34. The van der Waals surface area contributed by atoms with Crippen LogP contribution in [0, 0.1) is 5.92 Å². The molecular weight excluding hydrogens is 320 g/mol. The molecule has 2 heterocycles. The van der Waals surface area contributed by atoms with Crippen molar-refractivity contribution in [3.05, 3.63) is 46.9 Å². The van der Waals surface area contributed by atoms with E-state index >= 15 is 0 Å². The van der Waals surface area contributed by atoms with Gasteiger partial charge in [0.05, 0.1) is 5.92 Å². The molecule has 1 unspecified atom stereocenters. The number of thioether (sulfide) groups is 1. The lowest BCUT2D eigenvalue weighted by Gasteiger charge is -2.26. The fourth-order valence-corrected chi connectivity index (χ4v) is 4.33. The van der Waals surface area contributed by atoms with Crippen LogP contribution >= 0.6 is 11.8 Å². The van der Waals surface area contributed by atoms with Crippen molar-refractivity contribution < 1.29 is 9.47 Å². The van der Waals surface area contributed by atoms with Crippen LogP contribution in [0.25, 0.3) is 0 Å². The third-order valence-corrected chi connectivity index (χ3v) is 5.62. The zero-order chi connectivity index (χ0) is 16.2. The minimum absolute atomic E-state index is 0.372. The largest absolute Gasteiger partial charge is 0.486 e. The van der Waals surface area contributed by atoms with E-state index < -0.39 is 0 Å². The van der Waals surface area contributed by atoms with E-state index in [1.54, 1.807) is 0 Å². The number of fused-ring (bicyclic) bond motifs is 1. The summed E-state index contributed by atoms with van der Waals surface area (Å²) in [6.07, 6.45) is 8.77. The fraction of sp³-hybridized carbons (Fsp3) is 0.421. The number of nitrogens with zero attached hydrogens (tertiary/aromatic N) is 1. The number of ether oxygens (including phenoxy) is 2. The zero-order valence-corrected chi connectivity index (χ0v) is 14.5. The minimum Gasteiger partial charge on any atom is -0.486 e. The molecule has 0 spiro atoms. The molecular formula is C19H22N2O2S. The lowest BCUT2D eigenvalue weighted by molar-refractivity contribution is 0.170. The van der Waals surface area contributed by atoms with Crippen molar-refractivity contribution in [3.8, 4) is 11.5 Å². The van der Waals surface area contributed by atoms with Gasteiger partial charge in [0.2, 0.25) is 0 Å². The van der Waals surface area contributed by atoms with E-state index in [0.29, 0.717) is 19.1 Å². The Morgan fingerprint density at radius 2 is 2.21 bits per heavy atom. The number of para-hydroxylation sites is 1. The highest BCUT2D eigenvalue weighted by molar-refractivity contribution is 8.02. The number of aliphatic imine (C=N–C) groups is 1. The van der Waals surface area contributed by atoms with Gasteiger partial charge in [-0.3, -0.25) is 4.99 Å². The first-order chi connectivity index (χ1) is 11.9. The normalized spacial score (nSPS) is 22.4. The van der Waals surface area contributed by atoms with Gasteiger partial charge in [0.1, 0.15) is 19.0 Å². The van der Waals surface area contributed by atoms with Gasteiger partial charge in [-0.15, -0.1) is 11.8 Å². The van der Waals surface area contributed by atoms with Gasteiger partial charge in [-0.2, -0.15) is 0 Å². The third-order valence-electron chi connectivity index (χ3n) is 4.41. The molecule has 126 valence electrons. The second-order valence-corrected chi connectivity index (χ2v) is 7.11. The van der Waals surface area contributed by atoms with E-state index in [9.17, 15) is 0 Å². The molecule has 0 amide bonds. The molecule has 0 bridgehead atoms. The highest BCUT2D eigenvalue weighted by Gasteiger charge is 2.24. The smallest absolute Gasteiger partial charge is 0.165 e. The van der Waals surface area contributed by atoms with E-state index in [-0.39, 0.29) is 0 Å². The molecule has 3 aliphatic rings. The zero-order valence-electron chi connectivity index (χ0n) is 13.7. The summed E-state index contributed by atoms with van der Waals surface area (Å²) in [6, 6.07) is 6.16. The minimum atomic E-state index is 0.372. The lowest BCUT2D eigenvalue weighted by atomic mass is 9.98. The third kappa shape index (κ3) is 3.31. The van der Waals surface area contributed by atoms with Crippen molar-refractivity contribution in [2.24, 2.45) is 10.9 Å².